The smallest absolute Gasteiger partial charge is 0.235 e. The van der Waals surface area contributed by atoms with Crippen LogP contribution in [0.4, 0.5) is 0 Å². The first-order valence-corrected chi connectivity index (χ1v) is 28.0. The van der Waals surface area contributed by atoms with Crippen LogP contribution in [-0.2, 0) is 0 Å². The van der Waals surface area contributed by atoms with Crippen LogP contribution in [0.15, 0.2) is 291 Å². The molecule has 6 heteroatoms. The van der Waals surface area contributed by atoms with Crippen molar-refractivity contribution in [3.8, 4) is 67.8 Å². The summed E-state index contributed by atoms with van der Waals surface area (Å²) in [7, 11) is 0. The van der Waals surface area contributed by atoms with Crippen LogP contribution in [0.2, 0.25) is 0 Å². The molecule has 5 heterocycles. The second kappa shape index (κ2) is 18.2. The highest BCUT2D eigenvalue weighted by molar-refractivity contribution is 6.14. The Hall–Kier alpha value is -11.1. The van der Waals surface area contributed by atoms with Crippen LogP contribution in [0.5, 0.6) is 0 Å². The maximum Gasteiger partial charge on any atom is 0.235 e. The van der Waals surface area contributed by atoms with E-state index in [9.17, 15) is 0 Å². The van der Waals surface area contributed by atoms with Crippen LogP contribution in [-0.4, -0.2) is 28.2 Å². The van der Waals surface area contributed by atoms with E-state index in [2.05, 4.69) is 309 Å². The minimum atomic E-state index is 0.615. The molecule has 17 rings (SSSR count). The number of hydrogen-bond acceptors (Lipinski definition) is 2. The highest BCUT2D eigenvalue weighted by Crippen LogP contribution is 2.41. The van der Waals surface area contributed by atoms with Gasteiger partial charge in [-0.05, 0) is 131 Å². The normalized spacial score (nSPS) is 11.9. The molecule has 0 atom stereocenters. The number of rotatable bonds is 8. The predicted molar refractivity (Wildman–Crippen MR) is 341 cm³/mol. The summed E-state index contributed by atoms with van der Waals surface area (Å²) in [4.78, 5) is 10.9. The molecule has 0 aliphatic carbocycles. The SMILES string of the molecule is c1ccc(-c2cc(-c3ccc(-n4c5ccccc5c5cc(-c6ccc7c(c6)c6ccccc6n7-c6ccccc6)ccc54)cc3)nc(-n3c4ccccc4c4ccc(-c5ccc6c(c5)c5ccccc5n6-c5ccccc5)cc43)n2)cc1. The molecule has 0 saturated carbocycles. The zero-order valence-corrected chi connectivity index (χ0v) is 44.4. The Balaban J connectivity index is 0.775. The van der Waals surface area contributed by atoms with Crippen LogP contribution >= 0.6 is 0 Å². The van der Waals surface area contributed by atoms with E-state index in [0.717, 1.165) is 83.5 Å². The largest absolute Gasteiger partial charge is 0.309 e. The lowest BCUT2D eigenvalue weighted by molar-refractivity contribution is 0.995. The second-order valence-electron chi connectivity index (χ2n) is 21.4. The lowest BCUT2D eigenvalue weighted by Gasteiger charge is -2.13. The maximum absolute atomic E-state index is 5.50. The number of benzene rings is 12. The lowest BCUT2D eigenvalue weighted by Crippen LogP contribution is -2.04. The van der Waals surface area contributed by atoms with Crippen LogP contribution in [0.1, 0.15) is 0 Å². The maximum atomic E-state index is 5.50. The summed E-state index contributed by atoms with van der Waals surface area (Å²) in [5.41, 5.74) is 20.9. The van der Waals surface area contributed by atoms with E-state index in [0.29, 0.717) is 5.95 Å². The molecule has 0 amide bonds. The molecule has 0 unspecified atom stereocenters. The molecule has 12 aromatic carbocycles. The molecule has 0 aliphatic rings. The van der Waals surface area contributed by atoms with E-state index in [-0.39, 0.29) is 0 Å². The number of aromatic nitrogens is 6. The van der Waals surface area contributed by atoms with Gasteiger partial charge in [0.05, 0.1) is 55.5 Å². The molecule has 6 nitrogen and oxygen atoms in total. The number of nitrogens with zero attached hydrogens (tertiary/aromatic N) is 6. The molecule has 382 valence electrons. The molecule has 0 saturated heterocycles. The molecule has 17 aromatic rings. The second-order valence-corrected chi connectivity index (χ2v) is 21.4. The molecule has 0 bridgehead atoms. The summed E-state index contributed by atoms with van der Waals surface area (Å²) in [5.74, 6) is 0.615. The van der Waals surface area contributed by atoms with Gasteiger partial charge in [0, 0.05) is 71.3 Å². The minimum Gasteiger partial charge on any atom is -0.309 e. The van der Waals surface area contributed by atoms with Gasteiger partial charge >= 0.3 is 0 Å². The first kappa shape index (κ1) is 45.9. The van der Waals surface area contributed by atoms with Gasteiger partial charge in [0.25, 0.3) is 0 Å². The lowest BCUT2D eigenvalue weighted by atomic mass is 10.0. The first-order valence-electron chi connectivity index (χ1n) is 28.0. The fourth-order valence-corrected chi connectivity index (χ4v) is 13.0. The number of hydrogen-bond donors (Lipinski definition) is 0. The topological polar surface area (TPSA) is 45.5 Å². The summed E-state index contributed by atoms with van der Waals surface area (Å²) in [5, 5.41) is 9.64. The molecule has 0 spiro atoms. The van der Waals surface area contributed by atoms with E-state index in [1.54, 1.807) is 0 Å². The third-order valence-corrected chi connectivity index (χ3v) is 16.8. The summed E-state index contributed by atoms with van der Waals surface area (Å²) in [6, 6.07) is 105. The van der Waals surface area contributed by atoms with Crippen LogP contribution in [0.25, 0.3) is 155 Å². The Morgan fingerprint density at radius 3 is 0.939 bits per heavy atom. The molecule has 0 N–H and O–H groups in total. The van der Waals surface area contributed by atoms with Crippen molar-refractivity contribution in [2.24, 2.45) is 0 Å². The molecular formula is C76H48N6. The minimum absolute atomic E-state index is 0.615. The van der Waals surface area contributed by atoms with E-state index in [1.165, 1.54) is 65.5 Å². The summed E-state index contributed by atoms with van der Waals surface area (Å²) in [6.07, 6.45) is 0. The third kappa shape index (κ3) is 7.15. The van der Waals surface area contributed by atoms with Crippen LogP contribution < -0.4 is 0 Å². The van der Waals surface area contributed by atoms with Gasteiger partial charge in [0.1, 0.15) is 0 Å². The van der Waals surface area contributed by atoms with Gasteiger partial charge in [-0.1, -0.05) is 182 Å². The molecule has 82 heavy (non-hydrogen) atoms. The zero-order chi connectivity index (χ0) is 53.8. The molecule has 0 aliphatic heterocycles. The fourth-order valence-electron chi connectivity index (χ4n) is 13.0. The van der Waals surface area contributed by atoms with Crippen LogP contribution in [0.3, 0.4) is 0 Å². The standard InChI is InChI=1S/C76H48N6/c1-4-18-49(19-5-1)66-48-67(78-76(77-66)82-71-31-17-10-24-58(71)62-40-34-54(47-75(62)82)53-37-43-73-65(46-53)60-26-12-15-29-69(60)80(73)56-22-8-3-9-23-56)50-32-38-57(39-33-50)81-70-30-16-13-27-61(70)64-45-52(36-42-74(64)81)51-35-41-72-63(44-51)59-25-11-14-28-68(59)79(72)55-20-6-2-7-21-55/h1-48H. The van der Waals surface area contributed by atoms with E-state index < -0.39 is 0 Å². The molecule has 0 radical (unpaired) electrons. The van der Waals surface area contributed by atoms with Gasteiger partial charge in [0.15, 0.2) is 0 Å². The van der Waals surface area contributed by atoms with E-state index >= 15 is 0 Å². The average Bonchev–Trinajstić information content (AvgIpc) is 4.49. The van der Waals surface area contributed by atoms with Gasteiger partial charge in [-0.25, -0.2) is 9.97 Å². The van der Waals surface area contributed by atoms with Crippen molar-refractivity contribution in [3.63, 3.8) is 0 Å². The highest BCUT2D eigenvalue weighted by Gasteiger charge is 2.21. The monoisotopic (exact) mass is 1040 g/mol. The van der Waals surface area contributed by atoms with Crippen molar-refractivity contribution in [2.45, 2.75) is 0 Å². The molecule has 5 aromatic heterocycles. The summed E-state index contributed by atoms with van der Waals surface area (Å²) >= 11 is 0. The van der Waals surface area contributed by atoms with Crippen LogP contribution in [0, 0.1) is 0 Å². The highest BCUT2D eigenvalue weighted by atomic mass is 15.2. The van der Waals surface area contributed by atoms with Gasteiger partial charge < -0.3 is 13.7 Å². The fraction of sp³-hybridized carbons (Fsp3) is 0. The van der Waals surface area contributed by atoms with Crippen molar-refractivity contribution in [2.75, 3.05) is 0 Å². The number of para-hydroxylation sites is 6. The Bertz CT molecular complexity index is 5370. The predicted octanol–water partition coefficient (Wildman–Crippen LogP) is 19.5. The third-order valence-electron chi connectivity index (χ3n) is 16.8. The van der Waals surface area contributed by atoms with Gasteiger partial charge in [-0.2, -0.15) is 0 Å². The van der Waals surface area contributed by atoms with E-state index in [4.69, 9.17) is 9.97 Å². The Labute approximate surface area is 471 Å². The van der Waals surface area contributed by atoms with Crippen molar-refractivity contribution in [1.82, 2.24) is 28.2 Å². The Morgan fingerprint density at radius 2 is 0.488 bits per heavy atom. The van der Waals surface area contributed by atoms with Crippen molar-refractivity contribution < 1.29 is 0 Å². The Kier molecular flexibility index (Phi) is 10.2. The summed E-state index contributed by atoms with van der Waals surface area (Å²) in [6.45, 7) is 0. The number of fused-ring (bicyclic) bond motifs is 12. The van der Waals surface area contributed by atoms with Gasteiger partial charge in [-0.15, -0.1) is 0 Å². The molecular weight excluding hydrogens is 997 g/mol. The average molecular weight is 1050 g/mol. The quantitative estimate of drug-likeness (QED) is 0.152. The van der Waals surface area contributed by atoms with Crippen molar-refractivity contribution in [1.29, 1.82) is 0 Å². The van der Waals surface area contributed by atoms with Gasteiger partial charge in [-0.3, -0.25) is 4.57 Å². The molecule has 0 fully saturated rings. The zero-order valence-electron chi connectivity index (χ0n) is 44.4. The van der Waals surface area contributed by atoms with Crippen molar-refractivity contribution in [3.05, 3.63) is 291 Å². The van der Waals surface area contributed by atoms with Crippen molar-refractivity contribution >= 4 is 87.2 Å². The van der Waals surface area contributed by atoms with E-state index in [1.807, 2.05) is 0 Å². The summed E-state index contributed by atoms with van der Waals surface area (Å²) < 4.78 is 9.39. The van der Waals surface area contributed by atoms with Gasteiger partial charge in [0.2, 0.25) is 5.95 Å². The Morgan fingerprint density at radius 1 is 0.183 bits per heavy atom. The first-order chi connectivity index (χ1) is 40.7.